The Morgan fingerprint density at radius 2 is 2.03 bits per heavy atom. The van der Waals surface area contributed by atoms with Crippen LogP contribution in [0.2, 0.25) is 0 Å². The Balaban J connectivity index is 0.000000291. The van der Waals surface area contributed by atoms with Crippen LogP contribution in [0.5, 0.6) is 0 Å². The van der Waals surface area contributed by atoms with E-state index < -0.39 is 0 Å². The van der Waals surface area contributed by atoms with E-state index in [2.05, 4.69) is 67.9 Å². The lowest BCUT2D eigenvalue weighted by Crippen LogP contribution is -2.24. The van der Waals surface area contributed by atoms with Crippen molar-refractivity contribution in [1.82, 2.24) is 5.32 Å². The summed E-state index contributed by atoms with van der Waals surface area (Å²) in [4.78, 5) is 26.5. The van der Waals surface area contributed by atoms with Gasteiger partial charge in [0.1, 0.15) is 5.25 Å². The molecule has 2 rings (SSSR count). The minimum absolute atomic E-state index is 0.104. The molecule has 5 nitrogen and oxygen atoms in total. The van der Waals surface area contributed by atoms with E-state index in [-0.39, 0.29) is 29.0 Å². The van der Waals surface area contributed by atoms with Gasteiger partial charge in [-0.2, -0.15) is 0 Å². The minimum atomic E-state index is -0.348. The standard InChI is InChI=1S/C13H19N.C10H15NO3S/c1-10-8-12(13(2,3)4)7-6-11(10)9-14-5;1-3-4-5-8-11-10(13)7(15-8)6-9(12)14-2/h6-9H,1-5H3;5,7H,3-4,6H2,1-2H3,(H,11,13)/b;8-5-. The Hall–Kier alpha value is -2.08. The van der Waals surface area contributed by atoms with Crippen molar-refractivity contribution < 1.29 is 14.3 Å². The molecule has 1 atom stereocenters. The number of aryl methyl sites for hydroxylation is 1. The predicted molar refractivity (Wildman–Crippen MR) is 123 cm³/mol. The van der Waals surface area contributed by atoms with Crippen LogP contribution in [0.1, 0.15) is 63.6 Å². The van der Waals surface area contributed by atoms with Crippen molar-refractivity contribution in [3.8, 4) is 0 Å². The number of rotatable bonds is 5. The number of hydrogen-bond donors (Lipinski definition) is 1. The van der Waals surface area contributed by atoms with Gasteiger partial charge in [0, 0.05) is 13.3 Å². The molecule has 1 aliphatic heterocycles. The van der Waals surface area contributed by atoms with Gasteiger partial charge in [-0.05, 0) is 35.4 Å². The summed E-state index contributed by atoms with van der Waals surface area (Å²) in [5.74, 6) is -0.452. The van der Waals surface area contributed by atoms with Gasteiger partial charge in [-0.3, -0.25) is 14.6 Å². The number of benzene rings is 1. The van der Waals surface area contributed by atoms with Gasteiger partial charge in [-0.1, -0.05) is 70.2 Å². The molecular weight excluding hydrogens is 384 g/mol. The number of aliphatic imine (C=N–C) groups is 1. The molecule has 6 heteroatoms. The number of unbranched alkanes of at least 4 members (excludes halogenated alkanes) is 1. The van der Waals surface area contributed by atoms with Crippen molar-refractivity contribution in [2.24, 2.45) is 4.99 Å². The highest BCUT2D eigenvalue weighted by Gasteiger charge is 2.30. The van der Waals surface area contributed by atoms with Crippen LogP contribution < -0.4 is 5.32 Å². The molecule has 0 saturated carbocycles. The van der Waals surface area contributed by atoms with Gasteiger partial charge in [0.15, 0.2) is 0 Å². The van der Waals surface area contributed by atoms with Crippen molar-refractivity contribution in [3.63, 3.8) is 0 Å². The van der Waals surface area contributed by atoms with Crippen LogP contribution in [0.3, 0.4) is 0 Å². The number of hydrogen-bond acceptors (Lipinski definition) is 5. The van der Waals surface area contributed by atoms with Crippen molar-refractivity contribution in [3.05, 3.63) is 46.0 Å². The number of allylic oxidation sites excluding steroid dienone is 1. The van der Waals surface area contributed by atoms with Gasteiger partial charge >= 0.3 is 5.97 Å². The largest absolute Gasteiger partial charge is 0.469 e. The quantitative estimate of drug-likeness (QED) is 0.553. The first-order valence-electron chi connectivity index (χ1n) is 9.90. The van der Waals surface area contributed by atoms with E-state index in [9.17, 15) is 9.59 Å². The Morgan fingerprint density at radius 1 is 1.34 bits per heavy atom. The Morgan fingerprint density at radius 3 is 2.55 bits per heavy atom. The second-order valence-corrected chi connectivity index (χ2v) is 9.19. The number of carbonyl (C=O) groups is 2. The van der Waals surface area contributed by atoms with Crippen LogP contribution in [0, 0.1) is 6.92 Å². The molecule has 0 aliphatic carbocycles. The van der Waals surface area contributed by atoms with Crippen molar-refractivity contribution in [1.29, 1.82) is 0 Å². The number of amides is 1. The fourth-order valence-electron chi connectivity index (χ4n) is 2.61. The van der Waals surface area contributed by atoms with Crippen LogP contribution in [0.15, 0.2) is 34.3 Å². The van der Waals surface area contributed by atoms with Gasteiger partial charge in [0.2, 0.25) is 5.91 Å². The van der Waals surface area contributed by atoms with Gasteiger partial charge in [0.05, 0.1) is 18.6 Å². The van der Waals surface area contributed by atoms with Gasteiger partial charge in [-0.15, -0.1) is 0 Å². The van der Waals surface area contributed by atoms with E-state index in [1.54, 1.807) is 7.05 Å². The summed E-state index contributed by atoms with van der Waals surface area (Å²) in [6, 6.07) is 6.57. The summed E-state index contributed by atoms with van der Waals surface area (Å²) in [7, 11) is 3.13. The summed E-state index contributed by atoms with van der Waals surface area (Å²) in [6.45, 7) is 10.9. The molecule has 1 aliphatic rings. The average Bonchev–Trinajstić information content (AvgIpc) is 3.00. The normalized spacial score (nSPS) is 17.8. The third kappa shape index (κ3) is 8.44. The zero-order valence-corrected chi connectivity index (χ0v) is 19.5. The van der Waals surface area contributed by atoms with Crippen LogP contribution in [0.25, 0.3) is 0 Å². The molecule has 0 radical (unpaired) electrons. The Bertz CT molecular complexity index is 764. The number of carbonyl (C=O) groups excluding carboxylic acids is 2. The number of methoxy groups -OCH3 is 1. The zero-order valence-electron chi connectivity index (χ0n) is 18.7. The lowest BCUT2D eigenvalue weighted by molar-refractivity contribution is -0.141. The topological polar surface area (TPSA) is 67.8 Å². The van der Waals surface area contributed by atoms with Gasteiger partial charge < -0.3 is 10.1 Å². The summed E-state index contributed by atoms with van der Waals surface area (Å²) in [5, 5.41) is 3.27. The predicted octanol–water partition coefficient (Wildman–Crippen LogP) is 4.76. The van der Waals surface area contributed by atoms with Crippen LogP contribution in [0.4, 0.5) is 0 Å². The molecule has 0 aromatic heterocycles. The van der Waals surface area contributed by atoms with Crippen LogP contribution in [-0.2, 0) is 19.7 Å². The highest BCUT2D eigenvalue weighted by Crippen LogP contribution is 2.29. The molecule has 160 valence electrons. The van der Waals surface area contributed by atoms with Crippen molar-refractivity contribution >= 4 is 29.9 Å². The first kappa shape index (κ1) is 25.0. The maximum atomic E-state index is 11.4. The van der Waals surface area contributed by atoms with E-state index in [1.807, 2.05) is 12.3 Å². The molecule has 1 unspecified atom stereocenters. The first-order valence-corrected chi connectivity index (χ1v) is 10.8. The van der Waals surface area contributed by atoms with E-state index in [4.69, 9.17) is 0 Å². The molecule has 1 saturated heterocycles. The molecule has 0 bridgehead atoms. The summed E-state index contributed by atoms with van der Waals surface area (Å²) >= 11 is 1.40. The van der Waals surface area contributed by atoms with E-state index in [1.165, 1.54) is 35.6 Å². The lowest BCUT2D eigenvalue weighted by atomic mass is 9.85. The second-order valence-electron chi connectivity index (χ2n) is 7.94. The average molecular weight is 419 g/mol. The third-order valence-corrected chi connectivity index (χ3v) is 5.60. The Kier molecular flexibility index (Phi) is 10.2. The molecule has 1 amide bonds. The molecular formula is C23H34N2O3S. The molecule has 1 N–H and O–H groups in total. The van der Waals surface area contributed by atoms with Crippen molar-refractivity contribution in [2.75, 3.05) is 14.2 Å². The molecule has 1 heterocycles. The first-order chi connectivity index (χ1) is 13.6. The molecule has 1 aromatic carbocycles. The smallest absolute Gasteiger partial charge is 0.307 e. The molecule has 1 aromatic rings. The highest BCUT2D eigenvalue weighted by molar-refractivity contribution is 8.04. The number of nitrogens with one attached hydrogen (secondary N) is 1. The highest BCUT2D eigenvalue weighted by atomic mass is 32.2. The van der Waals surface area contributed by atoms with Gasteiger partial charge in [0.25, 0.3) is 0 Å². The fourth-order valence-corrected chi connectivity index (χ4v) is 3.67. The minimum Gasteiger partial charge on any atom is -0.469 e. The molecule has 29 heavy (non-hydrogen) atoms. The maximum Gasteiger partial charge on any atom is 0.307 e. The number of ether oxygens (including phenoxy) is 1. The summed E-state index contributed by atoms with van der Waals surface area (Å²) in [6.07, 6.45) is 6.01. The number of esters is 1. The van der Waals surface area contributed by atoms with E-state index >= 15 is 0 Å². The lowest BCUT2D eigenvalue weighted by Gasteiger charge is -2.20. The summed E-state index contributed by atoms with van der Waals surface area (Å²) < 4.78 is 4.53. The molecule has 1 fully saturated rings. The Labute approximate surface area is 179 Å². The van der Waals surface area contributed by atoms with Crippen molar-refractivity contribution in [2.45, 2.75) is 64.5 Å². The monoisotopic (exact) mass is 418 g/mol. The fraction of sp³-hybridized carbons (Fsp3) is 0.522. The van der Waals surface area contributed by atoms with Gasteiger partial charge in [-0.25, -0.2) is 0 Å². The third-order valence-electron chi connectivity index (χ3n) is 4.41. The van der Waals surface area contributed by atoms with Crippen LogP contribution in [-0.4, -0.2) is 37.5 Å². The van der Waals surface area contributed by atoms with Crippen LogP contribution >= 0.6 is 11.8 Å². The summed E-state index contributed by atoms with van der Waals surface area (Å²) in [5.41, 5.74) is 4.11. The van der Waals surface area contributed by atoms with E-state index in [0.717, 1.165) is 17.9 Å². The number of nitrogens with zero attached hydrogens (tertiary/aromatic N) is 1. The number of thioether (sulfide) groups is 1. The van der Waals surface area contributed by atoms with E-state index in [0.29, 0.717) is 0 Å². The second kappa shape index (κ2) is 11.8. The maximum absolute atomic E-state index is 11.4. The zero-order chi connectivity index (χ0) is 22.0. The SMILES string of the molecule is CCC/C=C1/NC(=O)C(CC(=O)OC)S1.CN=Cc1ccc(C(C)(C)C)cc1C. The molecule has 0 spiro atoms.